The molecule has 7 heteroatoms. The summed E-state index contributed by atoms with van der Waals surface area (Å²) < 4.78 is 26.4. The molecule has 2 aromatic rings. The van der Waals surface area contributed by atoms with Crippen LogP contribution in [0.1, 0.15) is 30.1 Å². The number of nitrogens with one attached hydrogen (secondary N) is 1. The minimum absolute atomic E-state index is 0.109. The van der Waals surface area contributed by atoms with Gasteiger partial charge in [0.15, 0.2) is 11.6 Å². The van der Waals surface area contributed by atoms with Crippen molar-refractivity contribution in [2.75, 3.05) is 5.32 Å². The fraction of sp³-hybridized carbons (Fsp3) is 0.286. The molecule has 28 heavy (non-hydrogen) atoms. The average Bonchev–Trinajstić information content (AvgIpc) is 2.64. The molecule has 3 atom stereocenters. The highest BCUT2D eigenvalue weighted by Crippen LogP contribution is 2.40. The Labute approximate surface area is 171 Å². The number of anilines is 1. The van der Waals surface area contributed by atoms with Crippen LogP contribution in [0.4, 0.5) is 14.5 Å². The van der Waals surface area contributed by atoms with Gasteiger partial charge in [0, 0.05) is 27.5 Å². The molecule has 0 saturated heterocycles. The van der Waals surface area contributed by atoms with Crippen molar-refractivity contribution in [2.24, 2.45) is 5.92 Å². The SMILES string of the molecule is C=C1C[C@H](Sc2cc(C(=O)Nc3ccc(F)c(F)c3)ccc2Cl)CC(C)[C@H]1O. The van der Waals surface area contributed by atoms with E-state index in [1.165, 1.54) is 6.07 Å². The number of hydrogen-bond donors (Lipinski definition) is 2. The molecule has 0 aliphatic heterocycles. The summed E-state index contributed by atoms with van der Waals surface area (Å²) in [7, 11) is 0. The number of rotatable bonds is 4. The van der Waals surface area contributed by atoms with Gasteiger partial charge in [-0.25, -0.2) is 8.78 Å². The maximum atomic E-state index is 13.3. The van der Waals surface area contributed by atoms with Gasteiger partial charge in [0.1, 0.15) is 0 Å². The van der Waals surface area contributed by atoms with Crippen molar-refractivity contribution in [3.05, 3.63) is 70.8 Å². The first-order valence-corrected chi connectivity index (χ1v) is 10.1. The smallest absolute Gasteiger partial charge is 0.255 e. The molecular weight excluding hydrogens is 404 g/mol. The molecule has 1 fully saturated rings. The number of carbonyl (C=O) groups is 1. The Morgan fingerprint density at radius 3 is 2.68 bits per heavy atom. The fourth-order valence-corrected chi connectivity index (χ4v) is 4.91. The molecule has 1 aliphatic carbocycles. The van der Waals surface area contributed by atoms with Crippen molar-refractivity contribution in [3.63, 3.8) is 0 Å². The largest absolute Gasteiger partial charge is 0.388 e. The molecule has 1 saturated carbocycles. The highest BCUT2D eigenvalue weighted by Gasteiger charge is 2.29. The Hall–Kier alpha value is -1.89. The number of carbonyl (C=O) groups excluding carboxylic acids is 1. The van der Waals surface area contributed by atoms with E-state index in [1.807, 2.05) is 6.92 Å². The maximum absolute atomic E-state index is 13.3. The Kier molecular flexibility index (Phi) is 6.43. The zero-order valence-electron chi connectivity index (χ0n) is 15.2. The zero-order valence-corrected chi connectivity index (χ0v) is 16.8. The number of hydrogen-bond acceptors (Lipinski definition) is 3. The van der Waals surface area contributed by atoms with Crippen LogP contribution >= 0.6 is 23.4 Å². The Morgan fingerprint density at radius 1 is 1.25 bits per heavy atom. The van der Waals surface area contributed by atoms with Gasteiger partial charge in [0.2, 0.25) is 0 Å². The van der Waals surface area contributed by atoms with Crippen LogP contribution in [0.25, 0.3) is 0 Å². The van der Waals surface area contributed by atoms with E-state index in [0.29, 0.717) is 17.0 Å². The summed E-state index contributed by atoms with van der Waals surface area (Å²) in [6.07, 6.45) is 1.00. The van der Waals surface area contributed by atoms with E-state index < -0.39 is 23.6 Å². The fourth-order valence-electron chi connectivity index (χ4n) is 3.22. The van der Waals surface area contributed by atoms with Gasteiger partial charge in [-0.1, -0.05) is 25.1 Å². The molecule has 0 radical (unpaired) electrons. The topological polar surface area (TPSA) is 49.3 Å². The molecule has 0 spiro atoms. The van der Waals surface area contributed by atoms with E-state index in [-0.39, 0.29) is 16.9 Å². The third-order valence-electron chi connectivity index (χ3n) is 4.75. The Bertz CT molecular complexity index is 921. The summed E-state index contributed by atoms with van der Waals surface area (Å²) in [5.74, 6) is -2.34. The van der Waals surface area contributed by atoms with Crippen molar-refractivity contribution in [2.45, 2.75) is 36.0 Å². The van der Waals surface area contributed by atoms with Crippen LogP contribution in [0.5, 0.6) is 0 Å². The van der Waals surface area contributed by atoms with Crippen LogP contribution in [-0.2, 0) is 0 Å². The van der Waals surface area contributed by atoms with E-state index >= 15 is 0 Å². The first-order chi connectivity index (χ1) is 13.2. The summed E-state index contributed by atoms with van der Waals surface area (Å²) >= 11 is 7.85. The summed E-state index contributed by atoms with van der Waals surface area (Å²) in [6.45, 7) is 5.93. The van der Waals surface area contributed by atoms with Gasteiger partial charge in [-0.3, -0.25) is 4.79 Å². The first kappa shape index (κ1) is 20.8. The molecule has 1 aliphatic rings. The lowest BCUT2D eigenvalue weighted by molar-refractivity contribution is 0.102. The van der Waals surface area contributed by atoms with Gasteiger partial charge in [-0.05, 0) is 54.7 Å². The van der Waals surface area contributed by atoms with Gasteiger partial charge in [0.05, 0.1) is 11.1 Å². The van der Waals surface area contributed by atoms with E-state index in [4.69, 9.17) is 11.6 Å². The molecule has 148 valence electrons. The Morgan fingerprint density at radius 2 is 2.00 bits per heavy atom. The van der Waals surface area contributed by atoms with E-state index in [9.17, 15) is 18.7 Å². The van der Waals surface area contributed by atoms with E-state index in [2.05, 4.69) is 11.9 Å². The molecule has 1 amide bonds. The molecular formula is C21H20ClF2NO2S. The number of benzene rings is 2. The lowest BCUT2D eigenvalue weighted by Crippen LogP contribution is -2.30. The second-order valence-corrected chi connectivity index (χ2v) is 8.74. The van der Waals surface area contributed by atoms with Crippen LogP contribution in [-0.4, -0.2) is 22.4 Å². The van der Waals surface area contributed by atoms with Crippen molar-refractivity contribution >= 4 is 35.0 Å². The number of aliphatic hydroxyl groups excluding tert-OH is 1. The molecule has 0 bridgehead atoms. The molecule has 2 N–H and O–H groups in total. The molecule has 3 rings (SSSR count). The van der Waals surface area contributed by atoms with Gasteiger partial charge in [-0.2, -0.15) is 0 Å². The standard InChI is InChI=1S/C21H20ClF2NO2S/c1-11-7-15(8-12(2)20(11)26)28-19-9-13(3-5-16(19)22)21(27)25-14-4-6-17(23)18(24)10-14/h3-6,9-10,12,15,20,26H,1,7-8H2,2H3,(H,25,27)/t12?,15-,20-/m0/s1. The summed E-state index contributed by atoms with van der Waals surface area (Å²) in [4.78, 5) is 13.2. The normalized spacial score (nSPS) is 22.2. The number of halogens is 3. The highest BCUT2D eigenvalue weighted by atomic mass is 35.5. The van der Waals surface area contributed by atoms with Crippen LogP contribution in [0, 0.1) is 17.6 Å². The van der Waals surface area contributed by atoms with Gasteiger partial charge >= 0.3 is 0 Å². The molecule has 3 nitrogen and oxygen atoms in total. The number of aliphatic hydroxyl groups is 1. The Balaban J connectivity index is 1.74. The van der Waals surface area contributed by atoms with E-state index in [1.54, 1.807) is 30.0 Å². The predicted molar refractivity (Wildman–Crippen MR) is 109 cm³/mol. The zero-order chi connectivity index (χ0) is 20.4. The summed E-state index contributed by atoms with van der Waals surface area (Å²) in [6, 6.07) is 8.08. The van der Waals surface area contributed by atoms with Crippen LogP contribution < -0.4 is 5.32 Å². The molecule has 2 aromatic carbocycles. The lowest BCUT2D eigenvalue weighted by atomic mass is 9.84. The van der Waals surface area contributed by atoms with Gasteiger partial charge < -0.3 is 10.4 Å². The van der Waals surface area contributed by atoms with Gasteiger partial charge in [-0.15, -0.1) is 11.8 Å². The monoisotopic (exact) mass is 423 g/mol. The molecule has 0 heterocycles. The van der Waals surface area contributed by atoms with E-state index in [0.717, 1.165) is 29.0 Å². The van der Waals surface area contributed by atoms with Crippen LogP contribution in [0.15, 0.2) is 53.4 Å². The average molecular weight is 424 g/mol. The minimum atomic E-state index is -1.03. The molecule has 1 unspecified atom stereocenters. The molecule has 0 aromatic heterocycles. The lowest BCUT2D eigenvalue weighted by Gasteiger charge is -2.32. The quantitative estimate of drug-likeness (QED) is 0.622. The third-order valence-corrected chi connectivity index (χ3v) is 6.47. The highest BCUT2D eigenvalue weighted by molar-refractivity contribution is 8.00. The van der Waals surface area contributed by atoms with Crippen LogP contribution in [0.2, 0.25) is 5.02 Å². The number of amides is 1. The second-order valence-electron chi connectivity index (χ2n) is 6.99. The first-order valence-electron chi connectivity index (χ1n) is 8.83. The number of thioether (sulfide) groups is 1. The van der Waals surface area contributed by atoms with Crippen molar-refractivity contribution in [3.8, 4) is 0 Å². The summed E-state index contributed by atoms with van der Waals surface area (Å²) in [5, 5.41) is 13.3. The predicted octanol–water partition coefficient (Wildman–Crippen LogP) is 5.68. The third kappa shape index (κ3) is 4.74. The second kappa shape index (κ2) is 8.64. The minimum Gasteiger partial charge on any atom is -0.388 e. The van der Waals surface area contributed by atoms with Crippen molar-refractivity contribution in [1.29, 1.82) is 0 Å². The summed E-state index contributed by atoms with van der Waals surface area (Å²) in [5.41, 5.74) is 1.33. The van der Waals surface area contributed by atoms with Crippen LogP contribution in [0.3, 0.4) is 0 Å². The van der Waals surface area contributed by atoms with Crippen molar-refractivity contribution in [1.82, 2.24) is 0 Å². The van der Waals surface area contributed by atoms with Gasteiger partial charge in [0.25, 0.3) is 5.91 Å². The maximum Gasteiger partial charge on any atom is 0.255 e. The van der Waals surface area contributed by atoms with Crippen molar-refractivity contribution < 1.29 is 18.7 Å².